The molecule has 4 heterocycles. The van der Waals surface area contributed by atoms with Gasteiger partial charge in [0.2, 0.25) is 17.7 Å². The number of ketones is 4. The number of aliphatic hydroxyl groups excluding tert-OH is 4. The number of fused-ring (bicyclic) bond motifs is 13. The second kappa shape index (κ2) is 46.4. The molecule has 1 aliphatic carbocycles. The van der Waals surface area contributed by atoms with E-state index in [1.807, 2.05) is 120 Å². The zero-order chi connectivity index (χ0) is 87.1. The molecule has 6 N–H and O–H groups in total. The number of carbonyl (C=O) groups is 9. The molecule has 4 amide bonds. The van der Waals surface area contributed by atoms with Gasteiger partial charge in [-0.3, -0.25) is 43.3 Å². The van der Waals surface area contributed by atoms with Crippen LogP contribution in [-0.4, -0.2) is 235 Å². The van der Waals surface area contributed by atoms with Crippen LogP contribution >= 0.6 is 0 Å². The summed E-state index contributed by atoms with van der Waals surface area (Å²) in [6, 6.07) is 41.7. The Morgan fingerprint density at radius 2 is 0.975 bits per heavy atom. The number of aliphatic hydroxyl groups is 4. The number of amides is 4. The monoisotopic (exact) mass is 1680 g/mol. The van der Waals surface area contributed by atoms with Crippen LogP contribution in [0, 0.1) is 10.8 Å². The minimum Gasteiger partial charge on any atom is -0.465 e. The highest BCUT2D eigenvalue weighted by atomic mass is 16.5. The van der Waals surface area contributed by atoms with E-state index in [0.717, 1.165) is 56.0 Å². The van der Waals surface area contributed by atoms with Crippen molar-refractivity contribution in [3.63, 3.8) is 0 Å². The molecule has 11 rings (SSSR count). The lowest BCUT2D eigenvalue weighted by Crippen LogP contribution is -2.42. The molecule has 3 aliphatic rings. The SMILES string of the molecule is CCOCCC(CCO)(CCO)C(=O)c1ccc2c(c1)C(COC(=O)NCCN(CCOC(C)=O)CC(=O)NC)c1cc(C(=O)C(CCO)(CCO)CCOCCn3nnc4c3-c3ccccc3N(C(=O)CCCC(=O)CCOC)Cc3ccccc3-4)ccc1-2.CCn1nnc2c1-c1ccccc1N(C(=O)CCCC(=O)CCOC)Cc1ccccc1-2. The first kappa shape index (κ1) is 93.3. The van der Waals surface area contributed by atoms with Gasteiger partial charge in [-0.1, -0.05) is 120 Å². The van der Waals surface area contributed by atoms with E-state index >= 15 is 4.79 Å². The molecule has 122 heavy (non-hydrogen) atoms. The molecule has 0 saturated carbocycles. The molecule has 0 spiro atoms. The van der Waals surface area contributed by atoms with E-state index < -0.39 is 28.8 Å². The second-order valence-electron chi connectivity index (χ2n) is 30.6. The van der Waals surface area contributed by atoms with Gasteiger partial charge >= 0.3 is 12.1 Å². The Kier molecular flexibility index (Phi) is 35.5. The van der Waals surface area contributed by atoms with Gasteiger partial charge in [-0.25, -0.2) is 14.2 Å². The predicted molar refractivity (Wildman–Crippen MR) is 458 cm³/mol. The molecule has 6 aromatic carbocycles. The Balaban J connectivity index is 0.000000404. The molecular weight excluding hydrogens is 1560 g/mol. The Hall–Kier alpha value is -10.9. The molecule has 0 radical (unpaired) electrons. The summed E-state index contributed by atoms with van der Waals surface area (Å²) in [5.41, 5.74) is 10.7. The summed E-state index contributed by atoms with van der Waals surface area (Å²) in [6.07, 6.45) is 2.45. The maximum atomic E-state index is 15.2. The number of hydrogen-bond acceptors (Lipinski definition) is 24. The van der Waals surface area contributed by atoms with Gasteiger partial charge in [0.25, 0.3) is 0 Å². The highest BCUT2D eigenvalue weighted by Crippen LogP contribution is 2.49. The number of methoxy groups -OCH3 is 2. The number of nitrogens with one attached hydrogen (secondary N) is 2. The number of nitrogens with zero attached hydrogens (tertiary/aromatic N) is 9. The highest BCUT2D eigenvalue weighted by Gasteiger charge is 2.42. The largest absolute Gasteiger partial charge is 0.465 e. The van der Waals surface area contributed by atoms with Crippen LogP contribution < -0.4 is 20.4 Å². The Labute approximate surface area is 711 Å². The van der Waals surface area contributed by atoms with E-state index in [4.69, 9.17) is 28.4 Å². The van der Waals surface area contributed by atoms with Crippen molar-refractivity contribution in [1.29, 1.82) is 0 Å². The van der Waals surface area contributed by atoms with Crippen molar-refractivity contribution >= 4 is 64.3 Å². The van der Waals surface area contributed by atoms with Crippen molar-refractivity contribution in [3.05, 3.63) is 167 Å². The lowest BCUT2D eigenvalue weighted by atomic mass is 9.72. The first-order chi connectivity index (χ1) is 59.2. The zero-order valence-corrected chi connectivity index (χ0v) is 70.8. The van der Waals surface area contributed by atoms with Crippen LogP contribution in [0.5, 0.6) is 0 Å². The van der Waals surface area contributed by atoms with Gasteiger partial charge in [-0.2, -0.15) is 0 Å². The fourth-order valence-corrected chi connectivity index (χ4v) is 16.3. The number of ether oxygens (including phenoxy) is 6. The van der Waals surface area contributed by atoms with E-state index in [1.54, 1.807) is 65.1 Å². The second-order valence-corrected chi connectivity index (χ2v) is 30.6. The lowest BCUT2D eigenvalue weighted by Gasteiger charge is -2.32. The molecule has 2 aromatic heterocycles. The predicted octanol–water partition coefficient (Wildman–Crippen LogP) is 10.3. The summed E-state index contributed by atoms with van der Waals surface area (Å²) in [4.78, 5) is 124. The number of benzene rings is 6. The van der Waals surface area contributed by atoms with Gasteiger partial charge < -0.3 is 69.3 Å². The molecule has 0 fully saturated rings. The third-order valence-electron chi connectivity index (χ3n) is 22.9. The van der Waals surface area contributed by atoms with E-state index in [9.17, 15) is 58.8 Å². The molecule has 30 nitrogen and oxygen atoms in total. The van der Waals surface area contributed by atoms with Crippen molar-refractivity contribution in [2.45, 2.75) is 143 Å². The number of likely N-dealkylation sites (N-methyl/N-ethyl adjacent to an activating group) is 1. The molecule has 0 saturated heterocycles. The summed E-state index contributed by atoms with van der Waals surface area (Å²) >= 11 is 0. The molecule has 652 valence electrons. The van der Waals surface area contributed by atoms with E-state index in [2.05, 4.69) is 31.3 Å². The van der Waals surface area contributed by atoms with Gasteiger partial charge in [0, 0.05) is 189 Å². The van der Waals surface area contributed by atoms with Crippen LogP contribution in [0.25, 0.3) is 56.2 Å². The summed E-state index contributed by atoms with van der Waals surface area (Å²) in [5.74, 6) is -2.09. The summed E-state index contributed by atoms with van der Waals surface area (Å²) in [7, 11) is 4.63. The first-order valence-corrected chi connectivity index (χ1v) is 42.0. The van der Waals surface area contributed by atoms with Gasteiger partial charge in [0.05, 0.1) is 68.8 Å². The van der Waals surface area contributed by atoms with Crippen molar-refractivity contribution in [2.75, 3.05) is 137 Å². The maximum Gasteiger partial charge on any atom is 0.407 e. The maximum absolute atomic E-state index is 15.2. The number of alkyl carbamates (subject to hydrolysis) is 1. The quantitative estimate of drug-likeness (QED) is 0.0117. The number of hydrogen-bond donors (Lipinski definition) is 6. The number of anilines is 2. The van der Waals surface area contributed by atoms with E-state index in [-0.39, 0.29) is 203 Å². The fourth-order valence-electron chi connectivity index (χ4n) is 16.3. The third-order valence-corrected chi connectivity index (χ3v) is 22.9. The number of aryl methyl sites for hydroxylation is 1. The number of Topliss-reactive ketones (excluding diaryl/α,β-unsaturated/α-hetero) is 4. The van der Waals surface area contributed by atoms with E-state index in [0.29, 0.717) is 104 Å². The van der Waals surface area contributed by atoms with Crippen LogP contribution in [-0.2, 0) is 83.4 Å². The Morgan fingerprint density at radius 1 is 0.508 bits per heavy atom. The summed E-state index contributed by atoms with van der Waals surface area (Å²) < 4.78 is 36.6. The van der Waals surface area contributed by atoms with Crippen molar-refractivity contribution in [1.82, 2.24) is 45.5 Å². The molecule has 0 bridgehead atoms. The van der Waals surface area contributed by atoms with Crippen LogP contribution in [0.4, 0.5) is 16.2 Å². The minimum absolute atomic E-state index is 0.00534. The molecule has 2 aliphatic heterocycles. The number of para-hydroxylation sites is 2. The van der Waals surface area contributed by atoms with Crippen LogP contribution in [0.1, 0.15) is 160 Å². The Bertz CT molecular complexity index is 4890. The molecule has 8 aromatic rings. The van der Waals surface area contributed by atoms with Crippen molar-refractivity contribution in [2.24, 2.45) is 10.8 Å². The normalized spacial score (nSPS) is 13.1. The smallest absolute Gasteiger partial charge is 0.407 e. The van der Waals surface area contributed by atoms with Crippen molar-refractivity contribution < 1.29 is 92.0 Å². The van der Waals surface area contributed by atoms with Gasteiger partial charge in [0.15, 0.2) is 11.6 Å². The molecule has 30 heteroatoms. The van der Waals surface area contributed by atoms with Crippen LogP contribution in [0.2, 0.25) is 0 Å². The standard InChI is InChI=1S/C67H87N7O16.C25H28N4O3/c1-5-87-37-26-66(22-32-75,23-33-76)63(83)47-17-19-52-53-20-18-48(42-56(53)57(55(52)41-47)45-90-65(85)69-28-29-72(44-59(81)68-3)30-40-89-46(2)79)64(84)67(24-34-77,25-35-78)27-38-88-39-31-74-62-54-14-8-9-15-58(54)73(60(82)16-10-12-50(80)21-36-86-4)43-49-11-6-7-13-51(49)61(62)70-71-74;1-3-29-25-21-12-6-7-13-22(21)28(23(31)14-8-10-19(30)15-16-32-2)17-18-9-4-5-11-20(18)24(25)26-27-29/h6-9,11,13-15,17-20,41-42,57,75-78H,5,10,12,16,21-40,43-45H2,1-4H3,(H,68,81)(H,69,85);4-7,9,11-13H,3,8,10,14-17H2,1-2H3. The zero-order valence-electron chi connectivity index (χ0n) is 70.8. The third kappa shape index (κ3) is 23.5. The van der Waals surface area contributed by atoms with Gasteiger partial charge in [-0.15, -0.1) is 10.2 Å². The van der Waals surface area contributed by atoms with Crippen molar-refractivity contribution in [3.8, 4) is 56.2 Å². The van der Waals surface area contributed by atoms with E-state index in [1.165, 1.54) is 14.0 Å². The molecular formula is C92H115N11O19. The lowest BCUT2D eigenvalue weighted by molar-refractivity contribution is -0.141. The van der Waals surface area contributed by atoms with Crippen LogP contribution in [0.15, 0.2) is 133 Å². The average molecular weight is 1680 g/mol. The van der Waals surface area contributed by atoms with Gasteiger partial charge in [0.1, 0.15) is 36.2 Å². The average Bonchev–Trinajstić information content (AvgIpc) is 1.50. The summed E-state index contributed by atoms with van der Waals surface area (Å²) in [6.45, 7) is 7.22. The number of rotatable bonds is 47. The minimum atomic E-state index is -1.30. The highest BCUT2D eigenvalue weighted by molar-refractivity contribution is 6.05. The topological polar surface area (TPSA) is 385 Å². The van der Waals surface area contributed by atoms with Gasteiger partial charge in [-0.05, 0) is 123 Å². The fraction of sp³-hybridized carbons (Fsp3) is 0.467. The number of aromatic nitrogens is 6. The summed E-state index contributed by atoms with van der Waals surface area (Å²) in [5, 5.41) is 65.1. The number of carbonyl (C=O) groups excluding carboxylic acids is 9. The van der Waals surface area contributed by atoms with Crippen LogP contribution in [0.3, 0.4) is 0 Å². The number of esters is 1. The molecule has 1 unspecified atom stereocenters. The first-order valence-electron chi connectivity index (χ1n) is 42.0. The Morgan fingerprint density at radius 3 is 1.44 bits per heavy atom. The molecule has 1 atom stereocenters.